The maximum absolute atomic E-state index is 13.7. The predicted molar refractivity (Wildman–Crippen MR) is 154 cm³/mol. The van der Waals surface area contributed by atoms with Crippen LogP contribution in [0.25, 0.3) is 21.9 Å². The third-order valence-corrected chi connectivity index (χ3v) is 8.67. The lowest BCUT2D eigenvalue weighted by molar-refractivity contribution is -0.00571. The average Bonchev–Trinajstić information content (AvgIpc) is 3.86. The van der Waals surface area contributed by atoms with Crippen LogP contribution in [0.3, 0.4) is 0 Å². The first-order valence-corrected chi connectivity index (χ1v) is 14.2. The lowest BCUT2D eigenvalue weighted by Crippen LogP contribution is -2.52. The number of hydrogen-bond donors (Lipinski definition) is 1. The van der Waals surface area contributed by atoms with E-state index in [0.29, 0.717) is 60.0 Å². The molecule has 2 fully saturated rings. The Morgan fingerprint density at radius 1 is 1.00 bits per heavy atom. The van der Waals surface area contributed by atoms with Crippen LogP contribution in [0.5, 0.6) is 11.5 Å². The molecule has 0 unspecified atom stereocenters. The van der Waals surface area contributed by atoms with E-state index in [9.17, 15) is 14.4 Å². The van der Waals surface area contributed by atoms with Crippen molar-refractivity contribution in [2.24, 2.45) is 0 Å². The summed E-state index contributed by atoms with van der Waals surface area (Å²) in [5.74, 6) is 0.472. The van der Waals surface area contributed by atoms with Crippen molar-refractivity contribution in [1.29, 1.82) is 0 Å². The zero-order valence-electron chi connectivity index (χ0n) is 23.1. The number of ether oxygens (including phenoxy) is 2. The summed E-state index contributed by atoms with van der Waals surface area (Å²) in [6, 6.07) is 14.2. The van der Waals surface area contributed by atoms with Gasteiger partial charge in [-0.3, -0.25) is 14.6 Å². The van der Waals surface area contributed by atoms with Gasteiger partial charge in [-0.15, -0.1) is 0 Å². The number of benzene rings is 2. The summed E-state index contributed by atoms with van der Waals surface area (Å²) in [6.07, 6.45) is 6.86. The highest BCUT2D eigenvalue weighted by Gasteiger charge is 2.44. The fraction of sp³-hybridized carbons (Fsp3) is 0.303. The molecule has 9 nitrogen and oxygen atoms in total. The van der Waals surface area contributed by atoms with Gasteiger partial charge < -0.3 is 19.5 Å². The van der Waals surface area contributed by atoms with E-state index in [1.165, 1.54) is 12.3 Å². The molecule has 0 bridgehead atoms. The molecule has 2 aliphatic heterocycles. The minimum absolute atomic E-state index is 0.00707. The number of carbonyl (C=O) groups is 3. The number of piperidine rings is 1. The third-order valence-electron chi connectivity index (χ3n) is 8.67. The number of aromatic nitrogens is 2. The van der Waals surface area contributed by atoms with Crippen LogP contribution >= 0.6 is 0 Å². The SMILES string of the molecule is COc1cc(C(=O)N2CCC3(CC2)CC(=O)c2cc(-c4ccc(C(=O)O)nc4)ccc2O3)cc2c(C3CC3)nccc12. The minimum Gasteiger partial charge on any atom is -0.496 e. The lowest BCUT2D eigenvalue weighted by atomic mass is 9.82. The van der Waals surface area contributed by atoms with Crippen LogP contribution < -0.4 is 9.47 Å². The summed E-state index contributed by atoms with van der Waals surface area (Å²) in [5, 5.41) is 11.0. The van der Waals surface area contributed by atoms with E-state index < -0.39 is 11.6 Å². The summed E-state index contributed by atoms with van der Waals surface area (Å²) in [4.78, 5) is 48.6. The Balaban J connectivity index is 1.08. The van der Waals surface area contributed by atoms with Gasteiger partial charge in [-0.2, -0.15) is 0 Å². The summed E-state index contributed by atoms with van der Waals surface area (Å²) in [5.41, 5.74) is 2.89. The van der Waals surface area contributed by atoms with Gasteiger partial charge in [0.25, 0.3) is 5.91 Å². The van der Waals surface area contributed by atoms with Crippen LogP contribution in [0.1, 0.15) is 74.9 Å². The van der Waals surface area contributed by atoms with Gasteiger partial charge in [0.15, 0.2) is 5.78 Å². The van der Waals surface area contributed by atoms with Crippen molar-refractivity contribution in [1.82, 2.24) is 14.9 Å². The second kappa shape index (κ2) is 9.94. The number of nitrogens with zero attached hydrogens (tertiary/aromatic N) is 3. The number of methoxy groups -OCH3 is 1. The number of carboxylic acid groups (broad SMARTS) is 1. The van der Waals surface area contributed by atoms with Gasteiger partial charge in [0.1, 0.15) is 22.8 Å². The zero-order valence-corrected chi connectivity index (χ0v) is 23.1. The number of carbonyl (C=O) groups excluding carboxylic acids is 2. The first kappa shape index (κ1) is 26.1. The highest BCUT2D eigenvalue weighted by atomic mass is 16.5. The van der Waals surface area contributed by atoms with Crippen LogP contribution in [-0.2, 0) is 0 Å². The van der Waals surface area contributed by atoms with Crippen molar-refractivity contribution < 1.29 is 29.0 Å². The van der Waals surface area contributed by atoms with Gasteiger partial charge in [0, 0.05) is 66.1 Å². The Morgan fingerprint density at radius 2 is 1.79 bits per heavy atom. The van der Waals surface area contributed by atoms with E-state index in [2.05, 4.69) is 9.97 Å². The number of aromatic carboxylic acids is 1. The Labute approximate surface area is 242 Å². The predicted octanol–water partition coefficient (Wildman–Crippen LogP) is 5.52. The molecule has 1 spiro atoms. The number of fused-ring (bicyclic) bond motifs is 2. The fourth-order valence-electron chi connectivity index (χ4n) is 6.19. The number of ketones is 1. The molecule has 1 aliphatic carbocycles. The molecular weight excluding hydrogens is 534 g/mol. The highest BCUT2D eigenvalue weighted by molar-refractivity contribution is 6.03. The standard InChI is InChI=1S/C33H29N3O6/c1-41-29-16-22(15-24-23(29)8-11-34-30(24)19-2-3-19)31(38)36-12-9-33(10-13-36)17-27(37)25-14-20(5-7-28(25)42-33)21-4-6-26(32(39)40)35-18-21/h4-8,11,14-16,18-19H,2-3,9-10,12-13,17H2,1H3,(H,39,40). The maximum atomic E-state index is 13.7. The number of likely N-dealkylation sites (tertiary alicyclic amines) is 1. The van der Waals surface area contributed by atoms with Crippen molar-refractivity contribution >= 4 is 28.4 Å². The normalized spacial score (nSPS) is 17.5. The molecule has 2 aromatic heterocycles. The van der Waals surface area contributed by atoms with E-state index in [-0.39, 0.29) is 23.8 Å². The second-order valence-corrected chi connectivity index (χ2v) is 11.4. The van der Waals surface area contributed by atoms with Crippen LogP contribution in [0.4, 0.5) is 0 Å². The Morgan fingerprint density at radius 3 is 2.48 bits per heavy atom. The van der Waals surface area contributed by atoms with Crippen molar-refractivity contribution in [2.45, 2.75) is 43.6 Å². The van der Waals surface area contributed by atoms with E-state index in [1.54, 1.807) is 25.3 Å². The first-order valence-electron chi connectivity index (χ1n) is 14.2. The molecular formula is C33H29N3O6. The topological polar surface area (TPSA) is 119 Å². The summed E-state index contributed by atoms with van der Waals surface area (Å²) in [7, 11) is 1.62. The van der Waals surface area contributed by atoms with Crippen molar-refractivity contribution in [2.75, 3.05) is 20.2 Å². The van der Waals surface area contributed by atoms with Crippen molar-refractivity contribution in [3.63, 3.8) is 0 Å². The molecule has 7 rings (SSSR count). The van der Waals surface area contributed by atoms with E-state index in [4.69, 9.17) is 14.6 Å². The number of pyridine rings is 2. The summed E-state index contributed by atoms with van der Waals surface area (Å²) >= 11 is 0. The largest absolute Gasteiger partial charge is 0.496 e. The van der Waals surface area contributed by atoms with E-state index in [0.717, 1.165) is 34.9 Å². The third kappa shape index (κ3) is 4.55. The molecule has 0 atom stereocenters. The molecule has 0 radical (unpaired) electrons. The van der Waals surface area contributed by atoms with Gasteiger partial charge in [-0.1, -0.05) is 12.1 Å². The van der Waals surface area contributed by atoms with Crippen LogP contribution in [0.15, 0.2) is 60.9 Å². The number of carboxylic acids is 1. The molecule has 1 N–H and O–H groups in total. The molecule has 4 aromatic rings. The van der Waals surface area contributed by atoms with Crippen molar-refractivity contribution in [3.8, 4) is 22.6 Å². The molecule has 4 heterocycles. The monoisotopic (exact) mass is 563 g/mol. The maximum Gasteiger partial charge on any atom is 0.354 e. The summed E-state index contributed by atoms with van der Waals surface area (Å²) < 4.78 is 12.1. The lowest BCUT2D eigenvalue weighted by Gasteiger charge is -2.44. The highest BCUT2D eigenvalue weighted by Crippen LogP contribution is 2.44. The van der Waals surface area contributed by atoms with E-state index >= 15 is 0 Å². The average molecular weight is 564 g/mol. The molecule has 212 valence electrons. The van der Waals surface area contributed by atoms with Gasteiger partial charge in [-0.25, -0.2) is 9.78 Å². The minimum atomic E-state index is -1.09. The molecule has 3 aliphatic rings. The smallest absolute Gasteiger partial charge is 0.354 e. The second-order valence-electron chi connectivity index (χ2n) is 11.4. The number of Topliss-reactive ketones (excluding diaryl/α,β-unsaturated/α-hetero) is 1. The van der Waals surface area contributed by atoms with Crippen LogP contribution in [0, 0.1) is 0 Å². The molecule has 1 amide bonds. The molecule has 2 aromatic carbocycles. The molecule has 42 heavy (non-hydrogen) atoms. The Hall–Kier alpha value is -4.79. The quantitative estimate of drug-likeness (QED) is 0.337. The Kier molecular flexibility index (Phi) is 6.18. The van der Waals surface area contributed by atoms with Crippen LogP contribution in [0.2, 0.25) is 0 Å². The number of rotatable bonds is 5. The summed E-state index contributed by atoms with van der Waals surface area (Å²) in [6.45, 7) is 0.952. The van der Waals surface area contributed by atoms with Gasteiger partial charge in [0.2, 0.25) is 0 Å². The zero-order chi connectivity index (χ0) is 29.0. The Bertz CT molecular complexity index is 1750. The van der Waals surface area contributed by atoms with Gasteiger partial charge in [-0.05, 0) is 54.8 Å². The molecule has 1 saturated carbocycles. The number of amides is 1. The van der Waals surface area contributed by atoms with Crippen LogP contribution in [-0.4, -0.2) is 63.4 Å². The van der Waals surface area contributed by atoms with E-state index in [1.807, 2.05) is 35.4 Å². The molecule has 1 saturated heterocycles. The van der Waals surface area contributed by atoms with Crippen molar-refractivity contribution in [3.05, 3.63) is 83.4 Å². The fourth-order valence-corrected chi connectivity index (χ4v) is 6.19. The van der Waals surface area contributed by atoms with Gasteiger partial charge >= 0.3 is 5.97 Å². The molecule has 9 heteroatoms. The van der Waals surface area contributed by atoms with Gasteiger partial charge in [0.05, 0.1) is 24.8 Å². The first-order chi connectivity index (χ1) is 20.3. The number of hydrogen-bond acceptors (Lipinski definition) is 7.